The second-order valence-electron chi connectivity index (χ2n) is 7.19. The van der Waals surface area contributed by atoms with Crippen molar-refractivity contribution in [3.63, 3.8) is 0 Å². The highest BCUT2D eigenvalue weighted by atomic mass is 16.2. The molecule has 140 valence electrons. The van der Waals surface area contributed by atoms with Gasteiger partial charge in [-0.2, -0.15) is 0 Å². The molecule has 0 atom stereocenters. The SMILES string of the molecule is O=C(CCC(=O)N1CCN(c2cnccn2)CC1)c1ccc2c(c1)CCC2. The minimum atomic E-state index is 0.0586. The van der Waals surface area contributed by atoms with Crippen LogP contribution in [0.5, 0.6) is 0 Å². The Morgan fingerprint density at radius 1 is 0.963 bits per heavy atom. The van der Waals surface area contributed by atoms with Gasteiger partial charge in [-0.15, -0.1) is 0 Å². The Balaban J connectivity index is 1.27. The third-order valence-electron chi connectivity index (χ3n) is 5.49. The number of piperazine rings is 1. The fraction of sp³-hybridized carbons (Fsp3) is 0.429. The number of rotatable bonds is 5. The summed E-state index contributed by atoms with van der Waals surface area (Å²) in [6.45, 7) is 2.79. The molecule has 6 nitrogen and oxygen atoms in total. The lowest BCUT2D eigenvalue weighted by molar-refractivity contribution is -0.131. The van der Waals surface area contributed by atoms with Gasteiger partial charge in [0.05, 0.1) is 6.20 Å². The number of hydrogen-bond acceptors (Lipinski definition) is 5. The molecule has 0 radical (unpaired) electrons. The maximum absolute atomic E-state index is 12.5. The lowest BCUT2D eigenvalue weighted by Crippen LogP contribution is -2.49. The Kier molecular flexibility index (Phi) is 5.14. The predicted octanol–water partition coefficient (Wildman–Crippen LogP) is 2.28. The van der Waals surface area contributed by atoms with Gasteiger partial charge in [0.25, 0.3) is 0 Å². The molecule has 1 aromatic carbocycles. The van der Waals surface area contributed by atoms with E-state index in [1.165, 1.54) is 17.5 Å². The van der Waals surface area contributed by atoms with Crippen LogP contribution in [0.2, 0.25) is 0 Å². The van der Waals surface area contributed by atoms with Crippen molar-refractivity contribution in [2.75, 3.05) is 31.1 Å². The van der Waals surface area contributed by atoms with E-state index in [1.807, 2.05) is 17.0 Å². The average molecular weight is 364 g/mol. The molecule has 1 fully saturated rings. The first kappa shape index (κ1) is 17.6. The van der Waals surface area contributed by atoms with Gasteiger partial charge in [0.15, 0.2) is 5.78 Å². The van der Waals surface area contributed by atoms with Gasteiger partial charge in [0.1, 0.15) is 5.82 Å². The maximum atomic E-state index is 12.5. The van der Waals surface area contributed by atoms with E-state index in [0.29, 0.717) is 13.1 Å². The van der Waals surface area contributed by atoms with E-state index in [1.54, 1.807) is 18.6 Å². The van der Waals surface area contributed by atoms with Crippen molar-refractivity contribution in [2.45, 2.75) is 32.1 Å². The Hall–Kier alpha value is -2.76. The normalized spacial score (nSPS) is 16.3. The van der Waals surface area contributed by atoms with E-state index in [9.17, 15) is 9.59 Å². The van der Waals surface area contributed by atoms with Gasteiger partial charge in [-0.05, 0) is 36.5 Å². The molecule has 2 aromatic rings. The van der Waals surface area contributed by atoms with Crippen molar-refractivity contribution >= 4 is 17.5 Å². The lowest BCUT2D eigenvalue weighted by Gasteiger charge is -2.35. The number of amides is 1. The van der Waals surface area contributed by atoms with Gasteiger partial charge in [-0.1, -0.05) is 12.1 Å². The van der Waals surface area contributed by atoms with Crippen LogP contribution in [0.4, 0.5) is 5.82 Å². The summed E-state index contributed by atoms with van der Waals surface area (Å²) >= 11 is 0. The molecule has 1 saturated heterocycles. The van der Waals surface area contributed by atoms with E-state index >= 15 is 0 Å². The molecule has 0 bridgehead atoms. The Morgan fingerprint density at radius 2 is 1.78 bits per heavy atom. The summed E-state index contributed by atoms with van der Waals surface area (Å²) in [4.78, 5) is 37.3. The highest BCUT2D eigenvalue weighted by molar-refractivity contribution is 5.98. The van der Waals surface area contributed by atoms with E-state index in [-0.39, 0.29) is 24.5 Å². The standard InChI is InChI=1S/C21H24N4O2/c26-19(18-5-4-16-2-1-3-17(16)14-18)6-7-21(27)25-12-10-24(11-13-25)20-15-22-8-9-23-20/h4-5,8-9,14-15H,1-3,6-7,10-13H2. The summed E-state index contributed by atoms with van der Waals surface area (Å²) < 4.78 is 0. The third-order valence-corrected chi connectivity index (χ3v) is 5.49. The first-order valence-corrected chi connectivity index (χ1v) is 9.64. The molecule has 1 amide bonds. The number of fused-ring (bicyclic) bond motifs is 1. The molecule has 0 unspecified atom stereocenters. The largest absolute Gasteiger partial charge is 0.352 e. The first-order valence-electron chi connectivity index (χ1n) is 9.64. The van der Waals surface area contributed by atoms with Crippen molar-refractivity contribution in [3.8, 4) is 0 Å². The highest BCUT2D eigenvalue weighted by Gasteiger charge is 2.22. The van der Waals surface area contributed by atoms with E-state index < -0.39 is 0 Å². The number of carbonyl (C=O) groups is 2. The molecule has 0 spiro atoms. The minimum Gasteiger partial charge on any atom is -0.352 e. The number of carbonyl (C=O) groups excluding carboxylic acids is 2. The van der Waals surface area contributed by atoms with E-state index in [4.69, 9.17) is 0 Å². The summed E-state index contributed by atoms with van der Waals surface area (Å²) in [5.41, 5.74) is 3.41. The quantitative estimate of drug-likeness (QED) is 0.762. The molecule has 2 heterocycles. The van der Waals surface area contributed by atoms with Gasteiger partial charge in [-0.3, -0.25) is 14.6 Å². The third kappa shape index (κ3) is 3.99. The lowest BCUT2D eigenvalue weighted by atomic mass is 10.0. The van der Waals surface area contributed by atoms with Crippen LogP contribution in [-0.2, 0) is 17.6 Å². The zero-order valence-corrected chi connectivity index (χ0v) is 15.4. The zero-order valence-electron chi connectivity index (χ0n) is 15.4. The number of Topliss-reactive ketones (excluding diaryl/α,β-unsaturated/α-hetero) is 1. The maximum Gasteiger partial charge on any atom is 0.223 e. The molecule has 6 heteroatoms. The van der Waals surface area contributed by atoms with Gasteiger partial charge >= 0.3 is 0 Å². The number of benzene rings is 1. The second kappa shape index (κ2) is 7.86. The number of anilines is 1. The van der Waals surface area contributed by atoms with Crippen molar-refractivity contribution in [2.24, 2.45) is 0 Å². The Labute approximate surface area is 159 Å². The van der Waals surface area contributed by atoms with Crippen LogP contribution in [0, 0.1) is 0 Å². The summed E-state index contributed by atoms with van der Waals surface area (Å²) in [5, 5.41) is 0. The molecule has 2 aliphatic rings. The van der Waals surface area contributed by atoms with Crippen LogP contribution in [-0.4, -0.2) is 52.7 Å². The molecule has 27 heavy (non-hydrogen) atoms. The smallest absolute Gasteiger partial charge is 0.223 e. The number of nitrogens with zero attached hydrogens (tertiary/aromatic N) is 4. The summed E-state index contributed by atoms with van der Waals surface area (Å²) in [7, 11) is 0. The fourth-order valence-electron chi connectivity index (χ4n) is 3.91. The molecule has 1 aliphatic heterocycles. The number of ketones is 1. The first-order chi connectivity index (χ1) is 13.2. The number of aryl methyl sites for hydroxylation is 2. The Morgan fingerprint density at radius 3 is 2.56 bits per heavy atom. The second-order valence-corrected chi connectivity index (χ2v) is 7.19. The summed E-state index contributed by atoms with van der Waals surface area (Å²) in [6, 6.07) is 6.01. The Bertz CT molecular complexity index is 829. The average Bonchev–Trinajstić information content (AvgIpc) is 3.20. The van der Waals surface area contributed by atoms with Gasteiger partial charge in [0.2, 0.25) is 5.91 Å². The van der Waals surface area contributed by atoms with Gasteiger partial charge < -0.3 is 9.80 Å². The van der Waals surface area contributed by atoms with Crippen LogP contribution in [0.15, 0.2) is 36.8 Å². The van der Waals surface area contributed by atoms with Crippen LogP contribution >= 0.6 is 0 Å². The highest BCUT2D eigenvalue weighted by Crippen LogP contribution is 2.23. The molecule has 1 aromatic heterocycles. The monoisotopic (exact) mass is 364 g/mol. The molecule has 0 saturated carbocycles. The van der Waals surface area contributed by atoms with Crippen molar-refractivity contribution in [3.05, 3.63) is 53.5 Å². The fourth-order valence-corrected chi connectivity index (χ4v) is 3.91. The van der Waals surface area contributed by atoms with E-state index in [2.05, 4.69) is 20.9 Å². The van der Waals surface area contributed by atoms with Crippen LogP contribution in [0.3, 0.4) is 0 Å². The predicted molar refractivity (Wildman–Crippen MR) is 103 cm³/mol. The summed E-state index contributed by atoms with van der Waals surface area (Å²) in [5.74, 6) is 0.968. The molecule has 1 aliphatic carbocycles. The molecule has 4 rings (SSSR count). The number of hydrogen-bond donors (Lipinski definition) is 0. The van der Waals surface area contributed by atoms with Crippen LogP contribution in [0.25, 0.3) is 0 Å². The molecular formula is C21H24N4O2. The van der Waals surface area contributed by atoms with Gasteiger partial charge in [-0.25, -0.2) is 4.98 Å². The minimum absolute atomic E-state index is 0.0586. The van der Waals surface area contributed by atoms with E-state index in [0.717, 1.165) is 37.3 Å². The topological polar surface area (TPSA) is 66.4 Å². The van der Waals surface area contributed by atoms with Gasteiger partial charge in [0, 0.05) is 57.0 Å². The summed E-state index contributed by atoms with van der Waals surface area (Å²) in [6.07, 6.45) is 8.98. The number of aromatic nitrogens is 2. The van der Waals surface area contributed by atoms with Crippen molar-refractivity contribution in [1.29, 1.82) is 0 Å². The van der Waals surface area contributed by atoms with Crippen molar-refractivity contribution in [1.82, 2.24) is 14.9 Å². The molecule has 0 N–H and O–H groups in total. The van der Waals surface area contributed by atoms with Crippen LogP contribution in [0.1, 0.15) is 40.7 Å². The molecular weight excluding hydrogens is 340 g/mol. The van der Waals surface area contributed by atoms with Crippen LogP contribution < -0.4 is 4.90 Å². The zero-order chi connectivity index (χ0) is 18.6. The van der Waals surface area contributed by atoms with Crippen molar-refractivity contribution < 1.29 is 9.59 Å².